The number of para-hydroxylation sites is 1. The molecule has 3 rings (SSSR count). The zero-order valence-corrected chi connectivity index (χ0v) is 15.8. The molecule has 2 heterocycles. The Labute approximate surface area is 154 Å². The number of aromatic nitrogens is 2. The fourth-order valence-corrected chi connectivity index (χ4v) is 3.17. The van der Waals surface area contributed by atoms with Crippen molar-refractivity contribution in [3.8, 4) is 11.6 Å². The Balaban J connectivity index is 1.71. The lowest BCUT2D eigenvalue weighted by Gasteiger charge is -2.41. The number of ether oxygens (including phenoxy) is 1. The standard InChI is InChI=1S/C20H26N4O2/c1-14(2)20(25)24-10-9-23(12-16(24)4)18-11-19(22-13-21-18)26-17-8-6-5-7-15(17)3/h5-8,11,13-14,16H,9-10,12H2,1-4H3/t16-/m0/s1. The van der Waals surface area contributed by atoms with Gasteiger partial charge in [-0.05, 0) is 25.5 Å². The van der Waals surface area contributed by atoms with Gasteiger partial charge in [0.15, 0.2) is 0 Å². The molecule has 1 aromatic carbocycles. The minimum atomic E-state index is 0.0252. The second-order valence-electron chi connectivity index (χ2n) is 7.06. The molecule has 0 radical (unpaired) electrons. The van der Waals surface area contributed by atoms with Gasteiger partial charge in [0.25, 0.3) is 0 Å². The zero-order valence-electron chi connectivity index (χ0n) is 15.8. The fraction of sp³-hybridized carbons (Fsp3) is 0.450. The molecule has 0 aliphatic carbocycles. The highest BCUT2D eigenvalue weighted by Crippen LogP contribution is 2.26. The van der Waals surface area contributed by atoms with Crippen molar-refractivity contribution in [1.82, 2.24) is 14.9 Å². The van der Waals surface area contributed by atoms with Crippen molar-refractivity contribution in [3.05, 3.63) is 42.2 Å². The molecule has 1 fully saturated rings. The molecular formula is C20H26N4O2. The number of nitrogens with zero attached hydrogens (tertiary/aromatic N) is 4. The van der Waals surface area contributed by atoms with Crippen LogP contribution in [0.5, 0.6) is 11.6 Å². The van der Waals surface area contributed by atoms with Gasteiger partial charge in [-0.3, -0.25) is 4.79 Å². The Morgan fingerprint density at radius 2 is 2.00 bits per heavy atom. The maximum Gasteiger partial charge on any atom is 0.225 e. The first kappa shape index (κ1) is 18.2. The van der Waals surface area contributed by atoms with Gasteiger partial charge in [-0.1, -0.05) is 32.0 Å². The molecule has 26 heavy (non-hydrogen) atoms. The van der Waals surface area contributed by atoms with Crippen molar-refractivity contribution in [2.75, 3.05) is 24.5 Å². The van der Waals surface area contributed by atoms with Crippen LogP contribution < -0.4 is 9.64 Å². The van der Waals surface area contributed by atoms with Crippen LogP contribution in [0.4, 0.5) is 5.82 Å². The first-order chi connectivity index (χ1) is 12.5. The number of benzene rings is 1. The Hall–Kier alpha value is -2.63. The maximum atomic E-state index is 12.3. The lowest BCUT2D eigenvalue weighted by atomic mass is 10.1. The Bertz CT molecular complexity index is 778. The zero-order chi connectivity index (χ0) is 18.7. The van der Waals surface area contributed by atoms with E-state index in [1.54, 1.807) is 0 Å². The highest BCUT2D eigenvalue weighted by atomic mass is 16.5. The van der Waals surface area contributed by atoms with Crippen molar-refractivity contribution in [2.45, 2.75) is 33.7 Å². The van der Waals surface area contributed by atoms with Gasteiger partial charge in [0.05, 0.1) is 0 Å². The summed E-state index contributed by atoms with van der Waals surface area (Å²) >= 11 is 0. The number of hydrogen-bond donors (Lipinski definition) is 0. The summed E-state index contributed by atoms with van der Waals surface area (Å²) in [5, 5.41) is 0. The molecule has 0 unspecified atom stereocenters. The molecule has 6 nitrogen and oxygen atoms in total. The van der Waals surface area contributed by atoms with Crippen molar-refractivity contribution in [1.29, 1.82) is 0 Å². The van der Waals surface area contributed by atoms with Crippen LogP contribution in [0.15, 0.2) is 36.7 Å². The molecule has 0 spiro atoms. The summed E-state index contributed by atoms with van der Waals surface area (Å²) in [7, 11) is 0. The van der Waals surface area contributed by atoms with Crippen molar-refractivity contribution in [2.24, 2.45) is 5.92 Å². The van der Waals surface area contributed by atoms with Gasteiger partial charge in [0, 0.05) is 37.7 Å². The van der Waals surface area contributed by atoms with E-state index in [1.165, 1.54) is 6.33 Å². The minimum absolute atomic E-state index is 0.0252. The Morgan fingerprint density at radius 1 is 1.23 bits per heavy atom. The number of carbonyl (C=O) groups is 1. The number of hydrogen-bond acceptors (Lipinski definition) is 5. The number of rotatable bonds is 4. The predicted molar refractivity (Wildman–Crippen MR) is 102 cm³/mol. The maximum absolute atomic E-state index is 12.3. The largest absolute Gasteiger partial charge is 0.439 e. The molecule has 1 saturated heterocycles. The number of carbonyl (C=O) groups excluding carboxylic acids is 1. The van der Waals surface area contributed by atoms with Crippen LogP contribution in [0.1, 0.15) is 26.3 Å². The van der Waals surface area contributed by atoms with Crippen LogP contribution in [0, 0.1) is 12.8 Å². The summed E-state index contributed by atoms with van der Waals surface area (Å²) in [4.78, 5) is 25.1. The van der Waals surface area contributed by atoms with Crippen LogP contribution in [0.3, 0.4) is 0 Å². The molecule has 1 aliphatic heterocycles. The van der Waals surface area contributed by atoms with Gasteiger partial charge >= 0.3 is 0 Å². The summed E-state index contributed by atoms with van der Waals surface area (Å²) in [5.74, 6) is 2.38. The third-order valence-corrected chi connectivity index (χ3v) is 4.66. The summed E-state index contributed by atoms with van der Waals surface area (Å²) in [6, 6.07) is 9.86. The molecule has 1 aliphatic rings. The molecule has 0 N–H and O–H groups in total. The van der Waals surface area contributed by atoms with Gasteiger partial charge in [-0.2, -0.15) is 0 Å². The van der Waals surface area contributed by atoms with E-state index in [0.29, 0.717) is 12.4 Å². The van der Waals surface area contributed by atoms with Crippen molar-refractivity contribution < 1.29 is 9.53 Å². The van der Waals surface area contributed by atoms with Crippen molar-refractivity contribution >= 4 is 11.7 Å². The smallest absolute Gasteiger partial charge is 0.225 e. The lowest BCUT2D eigenvalue weighted by Crippen LogP contribution is -2.55. The average Bonchev–Trinajstić information content (AvgIpc) is 2.63. The topological polar surface area (TPSA) is 58.6 Å². The molecule has 6 heteroatoms. The molecular weight excluding hydrogens is 328 g/mol. The van der Waals surface area contributed by atoms with E-state index < -0.39 is 0 Å². The van der Waals surface area contributed by atoms with E-state index in [9.17, 15) is 4.79 Å². The lowest BCUT2D eigenvalue weighted by molar-refractivity contribution is -0.136. The van der Waals surface area contributed by atoms with E-state index >= 15 is 0 Å². The van der Waals surface area contributed by atoms with E-state index in [2.05, 4.69) is 21.8 Å². The van der Waals surface area contributed by atoms with E-state index in [4.69, 9.17) is 4.74 Å². The van der Waals surface area contributed by atoms with Gasteiger partial charge in [0.2, 0.25) is 11.8 Å². The van der Waals surface area contributed by atoms with Gasteiger partial charge in [0.1, 0.15) is 17.9 Å². The summed E-state index contributed by atoms with van der Waals surface area (Å²) < 4.78 is 5.92. The number of amides is 1. The van der Waals surface area contributed by atoms with Gasteiger partial charge in [-0.25, -0.2) is 9.97 Å². The van der Waals surface area contributed by atoms with Crippen LogP contribution in [0.2, 0.25) is 0 Å². The van der Waals surface area contributed by atoms with Crippen LogP contribution in [-0.2, 0) is 4.79 Å². The predicted octanol–water partition coefficient (Wildman–Crippen LogP) is 3.27. The first-order valence-corrected chi connectivity index (χ1v) is 9.06. The SMILES string of the molecule is Cc1ccccc1Oc1cc(N2CCN(C(=O)C(C)C)[C@@H](C)C2)ncn1. The minimum Gasteiger partial charge on any atom is -0.439 e. The van der Waals surface area contributed by atoms with Gasteiger partial charge < -0.3 is 14.5 Å². The molecule has 0 saturated carbocycles. The average molecular weight is 354 g/mol. The van der Waals surface area contributed by atoms with Crippen LogP contribution in [-0.4, -0.2) is 46.5 Å². The fourth-order valence-electron chi connectivity index (χ4n) is 3.17. The molecule has 138 valence electrons. The second kappa shape index (κ2) is 7.72. The van der Waals surface area contributed by atoms with Crippen LogP contribution >= 0.6 is 0 Å². The normalized spacial score (nSPS) is 17.5. The molecule has 1 amide bonds. The first-order valence-electron chi connectivity index (χ1n) is 9.06. The highest BCUT2D eigenvalue weighted by molar-refractivity contribution is 5.78. The summed E-state index contributed by atoms with van der Waals surface area (Å²) in [6.45, 7) is 10.2. The van der Waals surface area contributed by atoms with E-state index in [-0.39, 0.29) is 17.9 Å². The van der Waals surface area contributed by atoms with Crippen molar-refractivity contribution in [3.63, 3.8) is 0 Å². The van der Waals surface area contributed by atoms with E-state index in [0.717, 1.165) is 30.2 Å². The summed E-state index contributed by atoms with van der Waals surface area (Å²) in [5.41, 5.74) is 1.06. The molecule has 0 bridgehead atoms. The van der Waals surface area contributed by atoms with Crippen LogP contribution in [0.25, 0.3) is 0 Å². The summed E-state index contributed by atoms with van der Waals surface area (Å²) in [6.07, 6.45) is 1.53. The Morgan fingerprint density at radius 3 is 2.69 bits per heavy atom. The molecule has 2 aromatic rings. The Kier molecular flexibility index (Phi) is 5.40. The quantitative estimate of drug-likeness (QED) is 0.843. The van der Waals surface area contributed by atoms with Gasteiger partial charge in [-0.15, -0.1) is 0 Å². The monoisotopic (exact) mass is 354 g/mol. The number of piperazine rings is 1. The third-order valence-electron chi connectivity index (χ3n) is 4.66. The second-order valence-corrected chi connectivity index (χ2v) is 7.06. The number of anilines is 1. The molecule has 1 aromatic heterocycles. The molecule has 1 atom stereocenters. The third kappa shape index (κ3) is 3.95. The van der Waals surface area contributed by atoms with E-state index in [1.807, 2.05) is 56.0 Å². The highest BCUT2D eigenvalue weighted by Gasteiger charge is 2.29. The number of aryl methyl sites for hydroxylation is 1.